The molecule has 0 spiro atoms. The van der Waals surface area contributed by atoms with Crippen molar-refractivity contribution < 1.29 is 34.2 Å². The summed E-state index contributed by atoms with van der Waals surface area (Å²) in [6.45, 7) is 1.31. The molecule has 4 amide bonds. The lowest BCUT2D eigenvalue weighted by molar-refractivity contribution is -0.142. The standard InChI is InChI=1S/C31H37N7O7/c1-16(39)27(33)30(43)36-23(10-11-26(32)40)28(41)37-24(12-17-14-34-21-8-4-2-6-19(17)21)29(42)38-25(31(44)45)13-18-15-35-22-9-5-3-7-20(18)22/h2-9,14-16,23-25,27,34-35,39H,10-13,33H2,1H3,(H2,32,40)(H,36,43)(H,37,41)(H,38,42)(H,44,45). The van der Waals surface area contributed by atoms with Crippen LogP contribution in [0.25, 0.3) is 21.8 Å². The minimum Gasteiger partial charge on any atom is -0.480 e. The number of hydrogen-bond acceptors (Lipinski definition) is 7. The molecule has 0 saturated carbocycles. The summed E-state index contributed by atoms with van der Waals surface area (Å²) in [7, 11) is 0. The molecule has 14 heteroatoms. The SMILES string of the molecule is CC(O)C(N)C(=O)NC(CCC(N)=O)C(=O)NC(Cc1c[nH]c2ccccc12)C(=O)NC(Cc1c[nH]c2ccccc12)C(=O)O. The number of rotatable bonds is 15. The molecule has 5 unspecified atom stereocenters. The quantitative estimate of drug-likeness (QED) is 0.0871. The lowest BCUT2D eigenvalue weighted by atomic mass is 10.0. The zero-order valence-corrected chi connectivity index (χ0v) is 24.6. The summed E-state index contributed by atoms with van der Waals surface area (Å²) in [4.78, 5) is 69.8. The van der Waals surface area contributed by atoms with Gasteiger partial charge in [0.05, 0.1) is 6.10 Å². The summed E-state index contributed by atoms with van der Waals surface area (Å²) < 4.78 is 0. The number of carbonyl (C=O) groups is 5. The summed E-state index contributed by atoms with van der Waals surface area (Å²) in [5, 5.41) is 28.9. The van der Waals surface area contributed by atoms with Crippen LogP contribution in [0.2, 0.25) is 0 Å². The number of primary amides is 1. The predicted molar refractivity (Wildman–Crippen MR) is 166 cm³/mol. The van der Waals surface area contributed by atoms with Crippen LogP contribution in [-0.2, 0) is 36.8 Å². The van der Waals surface area contributed by atoms with Gasteiger partial charge in [-0.2, -0.15) is 0 Å². The third-order valence-corrected chi connectivity index (χ3v) is 7.58. The number of H-pyrrole nitrogens is 2. The van der Waals surface area contributed by atoms with Crippen LogP contribution in [0.4, 0.5) is 0 Å². The van der Waals surface area contributed by atoms with E-state index in [0.29, 0.717) is 11.1 Å². The molecule has 5 atom stereocenters. The number of para-hydroxylation sites is 2. The number of aliphatic hydroxyl groups excluding tert-OH is 1. The fourth-order valence-corrected chi connectivity index (χ4v) is 5.04. The number of carboxylic acids is 1. The smallest absolute Gasteiger partial charge is 0.326 e. The van der Waals surface area contributed by atoms with Gasteiger partial charge in [0.2, 0.25) is 23.6 Å². The van der Waals surface area contributed by atoms with E-state index in [-0.39, 0.29) is 25.7 Å². The molecular formula is C31H37N7O7. The van der Waals surface area contributed by atoms with Gasteiger partial charge in [-0.3, -0.25) is 19.2 Å². The average Bonchev–Trinajstić information content (AvgIpc) is 3.61. The molecule has 0 radical (unpaired) electrons. The Labute approximate surface area is 257 Å². The Hall–Kier alpha value is -5.21. The van der Waals surface area contributed by atoms with Gasteiger partial charge in [0.25, 0.3) is 0 Å². The van der Waals surface area contributed by atoms with Gasteiger partial charge in [-0.25, -0.2) is 4.79 Å². The lowest BCUT2D eigenvalue weighted by Gasteiger charge is -2.25. The van der Waals surface area contributed by atoms with Crippen molar-refractivity contribution in [3.8, 4) is 0 Å². The van der Waals surface area contributed by atoms with Gasteiger partial charge in [-0.1, -0.05) is 36.4 Å². The highest BCUT2D eigenvalue weighted by Crippen LogP contribution is 2.21. The molecule has 11 N–H and O–H groups in total. The van der Waals surface area contributed by atoms with Crippen LogP contribution in [0.15, 0.2) is 60.9 Å². The van der Waals surface area contributed by atoms with Crippen molar-refractivity contribution in [2.75, 3.05) is 0 Å². The Balaban J connectivity index is 1.60. The van der Waals surface area contributed by atoms with Gasteiger partial charge in [-0.15, -0.1) is 0 Å². The first-order chi connectivity index (χ1) is 21.4. The van der Waals surface area contributed by atoms with E-state index in [9.17, 15) is 34.2 Å². The van der Waals surface area contributed by atoms with Gasteiger partial charge in [0.15, 0.2) is 0 Å². The van der Waals surface area contributed by atoms with Gasteiger partial charge < -0.3 is 47.6 Å². The topological polar surface area (TPSA) is 246 Å². The van der Waals surface area contributed by atoms with Crippen molar-refractivity contribution in [1.82, 2.24) is 25.9 Å². The maximum Gasteiger partial charge on any atom is 0.326 e. The summed E-state index contributed by atoms with van der Waals surface area (Å²) >= 11 is 0. The zero-order chi connectivity index (χ0) is 32.7. The number of carboxylic acid groups (broad SMARTS) is 1. The van der Waals surface area contributed by atoms with E-state index in [0.717, 1.165) is 21.8 Å². The van der Waals surface area contributed by atoms with Crippen LogP contribution in [-0.4, -0.2) is 80.1 Å². The van der Waals surface area contributed by atoms with E-state index < -0.39 is 59.9 Å². The van der Waals surface area contributed by atoms with Crippen LogP contribution in [0.5, 0.6) is 0 Å². The summed E-state index contributed by atoms with van der Waals surface area (Å²) in [5.41, 5.74) is 13.9. The molecule has 0 aliphatic carbocycles. The van der Waals surface area contributed by atoms with Crippen LogP contribution in [0.3, 0.4) is 0 Å². The van der Waals surface area contributed by atoms with Gasteiger partial charge in [0, 0.05) is 53.5 Å². The Morgan fingerprint density at radius 3 is 1.73 bits per heavy atom. The molecule has 0 saturated heterocycles. The highest BCUT2D eigenvalue weighted by molar-refractivity contribution is 5.95. The largest absolute Gasteiger partial charge is 0.480 e. The third kappa shape index (κ3) is 8.25. The second kappa shape index (κ2) is 14.5. The number of amides is 4. The summed E-state index contributed by atoms with van der Waals surface area (Å²) in [5.74, 6) is -4.45. The fraction of sp³-hybridized carbons (Fsp3) is 0.323. The molecule has 4 rings (SSSR count). The Kier molecular flexibility index (Phi) is 10.5. The number of aromatic amines is 2. The first-order valence-electron chi connectivity index (χ1n) is 14.4. The first-order valence-corrected chi connectivity index (χ1v) is 14.4. The minimum absolute atomic E-state index is 0.0344. The summed E-state index contributed by atoms with van der Waals surface area (Å²) in [6, 6.07) is 9.35. The number of benzene rings is 2. The third-order valence-electron chi connectivity index (χ3n) is 7.58. The number of aliphatic carboxylic acids is 1. The Morgan fingerprint density at radius 2 is 1.22 bits per heavy atom. The van der Waals surface area contributed by atoms with E-state index in [1.165, 1.54) is 6.92 Å². The van der Waals surface area contributed by atoms with Crippen molar-refractivity contribution in [1.29, 1.82) is 0 Å². The van der Waals surface area contributed by atoms with Crippen molar-refractivity contribution in [3.63, 3.8) is 0 Å². The van der Waals surface area contributed by atoms with E-state index in [2.05, 4.69) is 25.9 Å². The van der Waals surface area contributed by atoms with Crippen molar-refractivity contribution in [2.24, 2.45) is 11.5 Å². The van der Waals surface area contributed by atoms with E-state index >= 15 is 0 Å². The number of aliphatic hydroxyl groups is 1. The molecular weight excluding hydrogens is 582 g/mol. The maximum atomic E-state index is 13.7. The van der Waals surface area contributed by atoms with Crippen LogP contribution in [0, 0.1) is 0 Å². The van der Waals surface area contributed by atoms with Crippen molar-refractivity contribution in [3.05, 3.63) is 72.1 Å². The van der Waals surface area contributed by atoms with E-state index in [1.807, 2.05) is 48.5 Å². The van der Waals surface area contributed by atoms with Gasteiger partial charge in [0.1, 0.15) is 24.2 Å². The number of hydrogen-bond donors (Lipinski definition) is 9. The highest BCUT2D eigenvalue weighted by atomic mass is 16.4. The first kappa shape index (κ1) is 32.7. The van der Waals surface area contributed by atoms with E-state index in [4.69, 9.17) is 11.5 Å². The molecule has 2 aromatic carbocycles. The molecule has 14 nitrogen and oxygen atoms in total. The maximum absolute atomic E-state index is 13.7. The van der Waals surface area contributed by atoms with Gasteiger partial charge >= 0.3 is 5.97 Å². The van der Waals surface area contributed by atoms with Crippen LogP contribution < -0.4 is 27.4 Å². The fourth-order valence-electron chi connectivity index (χ4n) is 5.04. The molecule has 0 aliphatic heterocycles. The highest BCUT2D eigenvalue weighted by Gasteiger charge is 2.32. The van der Waals surface area contributed by atoms with Crippen molar-refractivity contribution >= 4 is 51.4 Å². The number of nitrogens with two attached hydrogens (primary N) is 2. The molecule has 0 bridgehead atoms. The Morgan fingerprint density at radius 1 is 0.756 bits per heavy atom. The molecule has 2 aromatic heterocycles. The molecule has 0 aliphatic rings. The number of nitrogens with one attached hydrogen (secondary N) is 5. The van der Waals surface area contributed by atoms with Crippen molar-refractivity contribution in [2.45, 2.75) is 62.9 Å². The van der Waals surface area contributed by atoms with E-state index in [1.54, 1.807) is 12.4 Å². The Bertz CT molecular complexity index is 1700. The molecule has 238 valence electrons. The molecule has 45 heavy (non-hydrogen) atoms. The molecule has 2 heterocycles. The zero-order valence-electron chi connectivity index (χ0n) is 24.6. The number of fused-ring (bicyclic) bond motifs is 2. The average molecular weight is 620 g/mol. The normalized spacial score (nSPS) is 14.6. The monoisotopic (exact) mass is 619 g/mol. The lowest BCUT2D eigenvalue weighted by Crippen LogP contribution is -2.58. The van der Waals surface area contributed by atoms with Crippen LogP contribution >= 0.6 is 0 Å². The second-order valence-electron chi connectivity index (χ2n) is 10.9. The number of carbonyl (C=O) groups excluding carboxylic acids is 4. The van der Waals surface area contributed by atoms with Crippen LogP contribution in [0.1, 0.15) is 30.9 Å². The predicted octanol–water partition coefficient (Wildman–Crippen LogP) is -0.0530. The number of aromatic nitrogens is 2. The molecule has 4 aromatic rings. The molecule has 0 fully saturated rings. The second-order valence-corrected chi connectivity index (χ2v) is 10.9. The minimum atomic E-state index is -1.36. The summed E-state index contributed by atoms with van der Waals surface area (Å²) in [6.07, 6.45) is 1.59. The van der Waals surface area contributed by atoms with Gasteiger partial charge in [-0.05, 0) is 36.6 Å².